The van der Waals surface area contributed by atoms with Gasteiger partial charge in [-0.2, -0.15) is 10.1 Å². The second kappa shape index (κ2) is 5.83. The van der Waals surface area contributed by atoms with Crippen molar-refractivity contribution in [1.82, 2.24) is 20.5 Å². The monoisotopic (exact) mass is 263 g/mol. The number of aromatic nitrogens is 3. The second-order valence-electron chi connectivity index (χ2n) is 3.32. The molecule has 0 radical (unpaired) electrons. The molecule has 18 heavy (non-hydrogen) atoms. The summed E-state index contributed by atoms with van der Waals surface area (Å²) in [6, 6.07) is 6.86. The van der Waals surface area contributed by atoms with Crippen LogP contribution in [0.1, 0.15) is 5.56 Å². The lowest BCUT2D eigenvalue weighted by Gasteiger charge is -1.99. The maximum absolute atomic E-state index is 11.4. The molecule has 0 saturated heterocycles. The van der Waals surface area contributed by atoms with Gasteiger partial charge in [0, 0.05) is 11.2 Å². The summed E-state index contributed by atoms with van der Waals surface area (Å²) in [7, 11) is 0. The highest BCUT2D eigenvalue weighted by molar-refractivity contribution is 6.30. The van der Waals surface area contributed by atoms with Crippen molar-refractivity contribution in [1.29, 1.82) is 0 Å². The molecule has 0 aliphatic rings. The number of halogens is 1. The van der Waals surface area contributed by atoms with Crippen LogP contribution < -0.4 is 10.6 Å². The SMILES string of the molecule is O=C(N/C=C/c1cccc(Cl)c1)Nc1ncn[nH]1. The quantitative estimate of drug-likeness (QED) is 0.794. The first-order chi connectivity index (χ1) is 8.74. The first-order valence-electron chi connectivity index (χ1n) is 5.09. The number of H-pyrrole nitrogens is 1. The minimum absolute atomic E-state index is 0.281. The van der Waals surface area contributed by atoms with E-state index < -0.39 is 6.03 Å². The first kappa shape index (κ1) is 12.1. The molecule has 92 valence electrons. The summed E-state index contributed by atoms with van der Waals surface area (Å²) in [6.45, 7) is 0. The van der Waals surface area contributed by atoms with Gasteiger partial charge in [-0.05, 0) is 23.8 Å². The number of amides is 2. The lowest BCUT2D eigenvalue weighted by atomic mass is 10.2. The highest BCUT2D eigenvalue weighted by atomic mass is 35.5. The van der Waals surface area contributed by atoms with Gasteiger partial charge in [0.25, 0.3) is 0 Å². The Balaban J connectivity index is 1.86. The molecule has 2 aromatic rings. The van der Waals surface area contributed by atoms with Gasteiger partial charge in [-0.1, -0.05) is 23.7 Å². The van der Waals surface area contributed by atoms with Crippen LogP contribution in [0.3, 0.4) is 0 Å². The fourth-order valence-electron chi connectivity index (χ4n) is 1.23. The van der Waals surface area contributed by atoms with Crippen LogP contribution in [-0.4, -0.2) is 21.2 Å². The van der Waals surface area contributed by atoms with Gasteiger partial charge in [0.05, 0.1) is 0 Å². The Hall–Kier alpha value is -2.34. The molecule has 7 heteroatoms. The van der Waals surface area contributed by atoms with Crippen molar-refractivity contribution in [3.05, 3.63) is 47.4 Å². The normalized spacial score (nSPS) is 10.5. The van der Waals surface area contributed by atoms with E-state index in [4.69, 9.17) is 11.6 Å². The Labute approximate surface area is 108 Å². The largest absolute Gasteiger partial charge is 0.325 e. The van der Waals surface area contributed by atoms with Gasteiger partial charge in [0.2, 0.25) is 5.95 Å². The van der Waals surface area contributed by atoms with Crippen molar-refractivity contribution in [2.24, 2.45) is 0 Å². The van der Waals surface area contributed by atoms with Crippen molar-refractivity contribution in [2.75, 3.05) is 5.32 Å². The molecule has 1 heterocycles. The number of nitrogens with one attached hydrogen (secondary N) is 3. The number of urea groups is 1. The summed E-state index contributed by atoms with van der Waals surface area (Å²) in [5.41, 5.74) is 0.891. The van der Waals surface area contributed by atoms with Crippen LogP contribution in [0.4, 0.5) is 10.7 Å². The number of nitrogens with zero attached hydrogens (tertiary/aromatic N) is 2. The molecule has 1 aromatic carbocycles. The molecule has 0 saturated carbocycles. The average molecular weight is 264 g/mol. The molecule has 1 aromatic heterocycles. The van der Waals surface area contributed by atoms with Crippen molar-refractivity contribution in [2.45, 2.75) is 0 Å². The summed E-state index contributed by atoms with van der Waals surface area (Å²) in [6.07, 6.45) is 4.54. The molecule has 0 bridgehead atoms. The zero-order chi connectivity index (χ0) is 12.8. The highest BCUT2D eigenvalue weighted by Crippen LogP contribution is 2.11. The summed E-state index contributed by atoms with van der Waals surface area (Å²) < 4.78 is 0. The number of carbonyl (C=O) groups is 1. The number of hydrogen-bond donors (Lipinski definition) is 3. The van der Waals surface area contributed by atoms with E-state index in [1.807, 2.05) is 12.1 Å². The molecule has 2 rings (SSSR count). The smallest absolute Gasteiger partial charge is 0.314 e. The van der Waals surface area contributed by atoms with Crippen LogP contribution in [0, 0.1) is 0 Å². The zero-order valence-electron chi connectivity index (χ0n) is 9.22. The number of benzene rings is 1. The van der Waals surface area contributed by atoms with Crippen molar-refractivity contribution in [3.8, 4) is 0 Å². The number of aromatic amines is 1. The van der Waals surface area contributed by atoms with Crippen LogP contribution in [0.2, 0.25) is 5.02 Å². The van der Waals surface area contributed by atoms with Crippen LogP contribution >= 0.6 is 11.6 Å². The molecule has 0 aliphatic carbocycles. The average Bonchev–Trinajstić information content (AvgIpc) is 2.82. The van der Waals surface area contributed by atoms with Gasteiger partial charge in [-0.15, -0.1) is 0 Å². The fraction of sp³-hybridized carbons (Fsp3) is 0. The third-order valence-corrected chi connectivity index (χ3v) is 2.22. The summed E-state index contributed by atoms with van der Waals surface area (Å²) in [4.78, 5) is 15.1. The van der Waals surface area contributed by atoms with E-state index >= 15 is 0 Å². The van der Waals surface area contributed by atoms with Gasteiger partial charge in [-0.25, -0.2) is 9.89 Å². The maximum Gasteiger partial charge on any atom is 0.325 e. The second-order valence-corrected chi connectivity index (χ2v) is 3.76. The van der Waals surface area contributed by atoms with E-state index in [-0.39, 0.29) is 5.95 Å². The van der Waals surface area contributed by atoms with E-state index in [1.54, 1.807) is 18.2 Å². The fourth-order valence-corrected chi connectivity index (χ4v) is 1.43. The van der Waals surface area contributed by atoms with Crippen LogP contribution in [0.5, 0.6) is 0 Å². The topological polar surface area (TPSA) is 82.7 Å². The van der Waals surface area contributed by atoms with Gasteiger partial charge in [0.1, 0.15) is 6.33 Å². The van der Waals surface area contributed by atoms with Crippen molar-refractivity contribution in [3.63, 3.8) is 0 Å². The maximum atomic E-state index is 11.4. The minimum atomic E-state index is -0.412. The summed E-state index contributed by atoms with van der Waals surface area (Å²) in [5.74, 6) is 0.281. The van der Waals surface area contributed by atoms with Crippen molar-refractivity contribution < 1.29 is 4.79 Å². The molecule has 0 atom stereocenters. The van der Waals surface area contributed by atoms with Crippen LogP contribution in [0.25, 0.3) is 6.08 Å². The third-order valence-electron chi connectivity index (χ3n) is 1.99. The van der Waals surface area contributed by atoms with E-state index in [1.165, 1.54) is 12.5 Å². The predicted octanol–water partition coefficient (Wildman–Crippen LogP) is 2.25. The predicted molar refractivity (Wildman–Crippen MR) is 69.0 cm³/mol. The minimum Gasteiger partial charge on any atom is -0.314 e. The van der Waals surface area contributed by atoms with Crippen molar-refractivity contribution >= 4 is 29.7 Å². The molecule has 0 fully saturated rings. The van der Waals surface area contributed by atoms with E-state index in [2.05, 4.69) is 25.8 Å². The zero-order valence-corrected chi connectivity index (χ0v) is 9.98. The van der Waals surface area contributed by atoms with Gasteiger partial charge < -0.3 is 5.32 Å². The van der Waals surface area contributed by atoms with Gasteiger partial charge >= 0.3 is 6.03 Å². The van der Waals surface area contributed by atoms with Gasteiger partial charge in [-0.3, -0.25) is 5.32 Å². The van der Waals surface area contributed by atoms with Crippen LogP contribution in [0.15, 0.2) is 36.8 Å². The standard InChI is InChI=1S/C11H10ClN5O/c12-9-3-1-2-8(6-9)4-5-13-11(18)16-10-14-7-15-17-10/h1-7H,(H3,13,14,15,16,17,18)/b5-4+. The van der Waals surface area contributed by atoms with Crippen LogP contribution in [-0.2, 0) is 0 Å². The Morgan fingerprint density at radius 2 is 2.33 bits per heavy atom. The molecule has 6 nitrogen and oxygen atoms in total. The van der Waals surface area contributed by atoms with Gasteiger partial charge in [0.15, 0.2) is 0 Å². The molecular weight excluding hydrogens is 254 g/mol. The molecular formula is C11H10ClN5O. The Kier molecular flexibility index (Phi) is 3.93. The van der Waals surface area contributed by atoms with E-state index in [9.17, 15) is 4.79 Å². The number of carbonyl (C=O) groups excluding carboxylic acids is 1. The molecule has 2 amide bonds. The summed E-state index contributed by atoms with van der Waals surface area (Å²) in [5, 5.41) is 11.7. The Morgan fingerprint density at radius 1 is 1.44 bits per heavy atom. The van der Waals surface area contributed by atoms with E-state index in [0.717, 1.165) is 5.56 Å². The number of anilines is 1. The van der Waals surface area contributed by atoms with E-state index in [0.29, 0.717) is 5.02 Å². The highest BCUT2D eigenvalue weighted by Gasteiger charge is 2.00. The third kappa shape index (κ3) is 3.60. The summed E-state index contributed by atoms with van der Waals surface area (Å²) >= 11 is 5.83. The number of rotatable bonds is 3. The molecule has 0 spiro atoms. The Bertz CT molecular complexity index is 552. The lowest BCUT2D eigenvalue weighted by Crippen LogP contribution is -2.24. The first-order valence-corrected chi connectivity index (χ1v) is 5.47. The lowest BCUT2D eigenvalue weighted by molar-refractivity contribution is 0.255. The molecule has 0 unspecified atom stereocenters. The molecule has 0 aliphatic heterocycles. The Morgan fingerprint density at radius 3 is 3.06 bits per heavy atom. The molecule has 3 N–H and O–H groups in total. The number of hydrogen-bond acceptors (Lipinski definition) is 3.